The summed E-state index contributed by atoms with van der Waals surface area (Å²) in [6.07, 6.45) is 0. The van der Waals surface area contributed by atoms with Gasteiger partial charge in [-0.15, -0.1) is 0 Å². The lowest BCUT2D eigenvalue weighted by molar-refractivity contribution is 0.0949. The van der Waals surface area contributed by atoms with Gasteiger partial charge in [0.05, 0.1) is 18.4 Å². The third kappa shape index (κ3) is 5.64. The van der Waals surface area contributed by atoms with Gasteiger partial charge in [0.2, 0.25) is 0 Å². The topological polar surface area (TPSA) is 82.7 Å². The van der Waals surface area contributed by atoms with Gasteiger partial charge in [0.15, 0.2) is 0 Å². The molecule has 0 spiro atoms. The molecule has 7 nitrogen and oxygen atoms in total. The van der Waals surface area contributed by atoms with Crippen molar-refractivity contribution in [1.82, 2.24) is 5.32 Å². The number of anilines is 3. The molecule has 0 saturated heterocycles. The Labute approximate surface area is 166 Å². The molecule has 0 heterocycles. The molecular weight excluding hydrogens is 356 g/mol. The molecule has 0 aliphatic rings. The van der Waals surface area contributed by atoms with Crippen molar-refractivity contribution < 1.29 is 14.3 Å². The molecular formula is C21H28N4O3. The highest BCUT2D eigenvalue weighted by molar-refractivity contribution is 6.04. The molecule has 28 heavy (non-hydrogen) atoms. The summed E-state index contributed by atoms with van der Waals surface area (Å²) in [5, 5.41) is 8.43. The number of methoxy groups -OCH3 is 1. The molecule has 150 valence electrons. The molecule has 7 heteroatoms. The van der Waals surface area contributed by atoms with Gasteiger partial charge in [-0.2, -0.15) is 0 Å². The average molecular weight is 384 g/mol. The maximum Gasteiger partial charge on any atom is 0.323 e. The zero-order chi connectivity index (χ0) is 20.7. The fourth-order valence-corrected chi connectivity index (χ4v) is 2.61. The molecule has 0 radical (unpaired) electrons. The van der Waals surface area contributed by atoms with E-state index in [1.165, 1.54) is 0 Å². The van der Waals surface area contributed by atoms with Crippen LogP contribution in [0.4, 0.5) is 21.9 Å². The molecule has 2 aromatic carbocycles. The van der Waals surface area contributed by atoms with E-state index in [1.807, 2.05) is 45.0 Å². The summed E-state index contributed by atoms with van der Waals surface area (Å²) in [4.78, 5) is 26.8. The molecule has 0 atom stereocenters. The van der Waals surface area contributed by atoms with Gasteiger partial charge in [0.1, 0.15) is 5.75 Å². The number of amides is 3. The molecule has 0 aliphatic carbocycles. The van der Waals surface area contributed by atoms with E-state index in [0.29, 0.717) is 35.2 Å². The zero-order valence-electron chi connectivity index (χ0n) is 17.0. The molecule has 2 aromatic rings. The smallest absolute Gasteiger partial charge is 0.323 e. The first-order valence-corrected chi connectivity index (χ1v) is 9.12. The zero-order valence-corrected chi connectivity index (χ0v) is 17.0. The standard InChI is InChI=1S/C21H28N4O3/c1-14(2)13-22-20(26)16-12-15(10-11-18(16)25(3)4)23-21(27)24-17-8-6-7-9-19(17)28-5/h6-12,14H,13H2,1-5H3,(H,22,26)(H2,23,24,27). The molecule has 0 fully saturated rings. The van der Waals surface area contributed by atoms with Gasteiger partial charge in [0, 0.05) is 32.0 Å². The fraction of sp³-hybridized carbons (Fsp3) is 0.333. The number of benzene rings is 2. The maximum absolute atomic E-state index is 12.6. The van der Waals surface area contributed by atoms with Crippen LogP contribution < -0.4 is 25.6 Å². The largest absolute Gasteiger partial charge is 0.495 e. The molecule has 3 N–H and O–H groups in total. The van der Waals surface area contributed by atoms with Gasteiger partial charge < -0.3 is 25.6 Å². The first kappa shape index (κ1) is 21.1. The van der Waals surface area contributed by atoms with Crippen LogP contribution in [0.2, 0.25) is 0 Å². The lowest BCUT2D eigenvalue weighted by Gasteiger charge is -2.19. The second-order valence-corrected chi connectivity index (χ2v) is 7.01. The number of carbonyl (C=O) groups excluding carboxylic acids is 2. The van der Waals surface area contributed by atoms with E-state index in [4.69, 9.17) is 4.74 Å². The Morgan fingerprint density at radius 2 is 1.79 bits per heavy atom. The van der Waals surface area contributed by atoms with Crippen molar-refractivity contribution in [2.24, 2.45) is 5.92 Å². The molecule has 0 unspecified atom stereocenters. The SMILES string of the molecule is COc1ccccc1NC(=O)Nc1ccc(N(C)C)c(C(=O)NCC(C)C)c1. The summed E-state index contributed by atoms with van der Waals surface area (Å²) in [6, 6.07) is 12.0. The number of nitrogens with zero attached hydrogens (tertiary/aromatic N) is 1. The summed E-state index contributed by atoms with van der Waals surface area (Å²) in [6.45, 7) is 4.65. The number of rotatable bonds is 7. The fourth-order valence-electron chi connectivity index (χ4n) is 2.61. The van der Waals surface area contributed by atoms with Crippen molar-refractivity contribution in [3.63, 3.8) is 0 Å². The number of carbonyl (C=O) groups is 2. The maximum atomic E-state index is 12.6. The second-order valence-electron chi connectivity index (χ2n) is 7.01. The van der Waals surface area contributed by atoms with Crippen LogP contribution in [0, 0.1) is 5.92 Å². The van der Waals surface area contributed by atoms with Crippen LogP contribution >= 0.6 is 0 Å². The first-order chi connectivity index (χ1) is 13.3. The number of hydrogen-bond acceptors (Lipinski definition) is 4. The van der Waals surface area contributed by atoms with Crippen molar-refractivity contribution in [3.05, 3.63) is 48.0 Å². The van der Waals surface area contributed by atoms with Crippen LogP contribution in [0.1, 0.15) is 24.2 Å². The van der Waals surface area contributed by atoms with Crippen LogP contribution in [0.5, 0.6) is 5.75 Å². The van der Waals surface area contributed by atoms with E-state index in [2.05, 4.69) is 16.0 Å². The van der Waals surface area contributed by atoms with Crippen LogP contribution in [0.3, 0.4) is 0 Å². The predicted octanol–water partition coefficient (Wildman–Crippen LogP) is 3.79. The summed E-state index contributed by atoms with van der Waals surface area (Å²) in [5.74, 6) is 0.736. The lowest BCUT2D eigenvalue weighted by atomic mass is 10.1. The number of urea groups is 1. The highest BCUT2D eigenvalue weighted by atomic mass is 16.5. The minimum atomic E-state index is -0.421. The van der Waals surface area contributed by atoms with Gasteiger partial charge >= 0.3 is 6.03 Å². The average Bonchev–Trinajstić information content (AvgIpc) is 2.66. The summed E-state index contributed by atoms with van der Waals surface area (Å²) < 4.78 is 5.23. The van der Waals surface area contributed by atoms with Gasteiger partial charge in [-0.05, 0) is 36.2 Å². The van der Waals surface area contributed by atoms with Gasteiger partial charge in [0.25, 0.3) is 5.91 Å². The molecule has 3 amide bonds. The summed E-state index contributed by atoms with van der Waals surface area (Å²) >= 11 is 0. The van der Waals surface area contributed by atoms with Crippen LogP contribution in [0.15, 0.2) is 42.5 Å². The van der Waals surface area contributed by atoms with E-state index in [0.717, 1.165) is 5.69 Å². The second kappa shape index (κ2) is 9.64. The van der Waals surface area contributed by atoms with Crippen molar-refractivity contribution >= 4 is 29.0 Å². The Kier molecular flexibility index (Phi) is 7.26. The van der Waals surface area contributed by atoms with E-state index < -0.39 is 6.03 Å². The van der Waals surface area contributed by atoms with Gasteiger partial charge in [-0.25, -0.2) is 4.79 Å². The summed E-state index contributed by atoms with van der Waals surface area (Å²) in [5.41, 5.74) is 2.35. The Bertz CT molecular complexity index is 834. The number of ether oxygens (including phenoxy) is 1. The first-order valence-electron chi connectivity index (χ1n) is 9.12. The van der Waals surface area contributed by atoms with E-state index in [-0.39, 0.29) is 5.91 Å². The lowest BCUT2D eigenvalue weighted by Crippen LogP contribution is -2.29. The monoisotopic (exact) mass is 384 g/mol. The van der Waals surface area contributed by atoms with Gasteiger partial charge in [-0.3, -0.25) is 4.79 Å². The van der Waals surface area contributed by atoms with Crippen LogP contribution in [0.25, 0.3) is 0 Å². The minimum absolute atomic E-state index is 0.175. The Hall–Kier alpha value is -3.22. The normalized spacial score (nSPS) is 10.4. The Balaban J connectivity index is 2.18. The molecule has 2 rings (SSSR count). The van der Waals surface area contributed by atoms with Crippen molar-refractivity contribution in [2.75, 3.05) is 43.3 Å². The highest BCUT2D eigenvalue weighted by Crippen LogP contribution is 2.25. The van der Waals surface area contributed by atoms with Gasteiger partial charge in [-0.1, -0.05) is 26.0 Å². The van der Waals surface area contributed by atoms with Crippen molar-refractivity contribution in [1.29, 1.82) is 0 Å². The van der Waals surface area contributed by atoms with Crippen molar-refractivity contribution in [2.45, 2.75) is 13.8 Å². The molecule has 0 bridgehead atoms. The van der Waals surface area contributed by atoms with Crippen molar-refractivity contribution in [3.8, 4) is 5.75 Å². The third-order valence-corrected chi connectivity index (χ3v) is 4.01. The van der Waals surface area contributed by atoms with Crippen LogP contribution in [-0.4, -0.2) is 39.7 Å². The molecule has 0 aromatic heterocycles. The van der Waals surface area contributed by atoms with E-state index in [9.17, 15) is 9.59 Å². The number of para-hydroxylation sites is 2. The number of nitrogens with one attached hydrogen (secondary N) is 3. The van der Waals surface area contributed by atoms with Crippen LogP contribution in [-0.2, 0) is 0 Å². The number of hydrogen-bond donors (Lipinski definition) is 3. The summed E-state index contributed by atoms with van der Waals surface area (Å²) in [7, 11) is 5.28. The Morgan fingerprint density at radius 3 is 2.43 bits per heavy atom. The third-order valence-electron chi connectivity index (χ3n) is 4.01. The molecule has 0 aliphatic heterocycles. The van der Waals surface area contributed by atoms with E-state index in [1.54, 1.807) is 37.4 Å². The highest BCUT2D eigenvalue weighted by Gasteiger charge is 2.15. The quantitative estimate of drug-likeness (QED) is 0.678. The van der Waals surface area contributed by atoms with E-state index >= 15 is 0 Å². The minimum Gasteiger partial charge on any atom is -0.495 e. The predicted molar refractivity (Wildman–Crippen MR) is 114 cm³/mol. The molecule has 0 saturated carbocycles. The Morgan fingerprint density at radius 1 is 1.07 bits per heavy atom.